The lowest BCUT2D eigenvalue weighted by molar-refractivity contribution is -0.124. The Balaban J connectivity index is 1.64. The van der Waals surface area contributed by atoms with E-state index in [1.807, 2.05) is 12.1 Å². The summed E-state index contributed by atoms with van der Waals surface area (Å²) in [5, 5.41) is 10.8. The maximum Gasteiger partial charge on any atom is 0.263 e. The lowest BCUT2D eigenvalue weighted by atomic mass is 9.53. The van der Waals surface area contributed by atoms with Gasteiger partial charge in [0, 0.05) is 22.9 Å². The number of hydrogen-bond donors (Lipinski definition) is 2. The van der Waals surface area contributed by atoms with Crippen molar-refractivity contribution in [2.75, 3.05) is 18.9 Å². The van der Waals surface area contributed by atoms with Crippen LogP contribution in [0.4, 0.5) is 0 Å². The molecule has 2 aliphatic heterocycles. The molecule has 1 spiro atoms. The topological polar surface area (TPSA) is 71.0 Å². The fourth-order valence-electron chi connectivity index (χ4n) is 5.45. The highest BCUT2D eigenvalue weighted by Gasteiger charge is 2.64. The minimum absolute atomic E-state index is 0.166. The van der Waals surface area contributed by atoms with Crippen LogP contribution in [-0.2, 0) is 16.6 Å². The molecule has 1 aromatic carbocycles. The number of aliphatic hydroxyl groups is 1. The number of likely N-dealkylation sites (N-methyl/N-ethyl adjacent to an activating group) is 1. The Bertz CT molecular complexity index is 813. The molecular weight excluding hydrogens is 400 g/mol. The monoisotopic (exact) mass is 420 g/mol. The predicted molar refractivity (Wildman–Crippen MR) is 98.5 cm³/mol. The Hall–Kier alpha value is -1.57. The average Bonchev–Trinajstić information content (AvgIpc) is 3.00. The zero-order valence-corrected chi connectivity index (χ0v) is 16.0. The van der Waals surface area contributed by atoms with E-state index in [9.17, 15) is 9.90 Å². The second kappa shape index (κ2) is 5.71. The lowest BCUT2D eigenvalue weighted by Crippen LogP contribution is -2.64. The predicted octanol–water partition coefficient (Wildman–Crippen LogP) is 1.30. The summed E-state index contributed by atoms with van der Waals surface area (Å²) in [4.78, 5) is 19.5. The van der Waals surface area contributed by atoms with Crippen molar-refractivity contribution in [1.82, 2.24) is 10.4 Å². The number of amides is 1. The Morgan fingerprint density at radius 3 is 3.15 bits per heavy atom. The number of rotatable bonds is 3. The van der Waals surface area contributed by atoms with Gasteiger partial charge in [-0.3, -0.25) is 4.79 Å². The average molecular weight is 421 g/mol. The second-order valence-corrected chi connectivity index (χ2v) is 8.23. The highest BCUT2D eigenvalue weighted by Crippen LogP contribution is 2.62. The third kappa shape index (κ3) is 2.02. The Morgan fingerprint density at radius 2 is 2.35 bits per heavy atom. The standard InChI is InChI=1S/C19H21BrN2O4/c1-22-7-6-19-11-3-4-13(23)18(19)25-17-14(26-21-15(24)9-20)5-2-10(16(17)19)8-12(11)22/h2-5,11-13,18,23H,6-9H2,1H3,(H,21,24)/t11-,12+,13-,18-,19-/m0/s1. The Kier molecular flexibility index (Phi) is 3.64. The summed E-state index contributed by atoms with van der Waals surface area (Å²) in [6.07, 6.45) is 5.01. The van der Waals surface area contributed by atoms with Gasteiger partial charge in [-0.25, -0.2) is 0 Å². The zero-order valence-electron chi connectivity index (χ0n) is 14.4. The van der Waals surface area contributed by atoms with Crippen molar-refractivity contribution in [2.24, 2.45) is 5.92 Å². The van der Waals surface area contributed by atoms with E-state index in [0.29, 0.717) is 23.5 Å². The van der Waals surface area contributed by atoms with Crippen LogP contribution in [0.3, 0.4) is 0 Å². The van der Waals surface area contributed by atoms with Crippen LogP contribution < -0.4 is 15.1 Å². The van der Waals surface area contributed by atoms with Crippen molar-refractivity contribution in [3.8, 4) is 11.5 Å². The van der Waals surface area contributed by atoms with Crippen molar-refractivity contribution in [3.63, 3.8) is 0 Å². The van der Waals surface area contributed by atoms with Gasteiger partial charge in [0.15, 0.2) is 11.5 Å². The number of ether oxygens (including phenoxy) is 1. The first kappa shape index (κ1) is 16.6. The molecule has 1 aromatic rings. The van der Waals surface area contributed by atoms with Crippen molar-refractivity contribution in [3.05, 3.63) is 35.4 Å². The normalized spacial score (nSPS) is 36.3. The molecule has 0 unspecified atom stereocenters. The minimum Gasteiger partial charge on any atom is -0.482 e. The fraction of sp³-hybridized carbons (Fsp3) is 0.526. The number of hydrogen-bond acceptors (Lipinski definition) is 5. The first-order chi connectivity index (χ1) is 12.6. The first-order valence-electron chi connectivity index (χ1n) is 8.97. The molecule has 5 rings (SSSR count). The largest absolute Gasteiger partial charge is 0.482 e. The van der Waals surface area contributed by atoms with Crippen molar-refractivity contribution >= 4 is 21.8 Å². The van der Waals surface area contributed by atoms with Gasteiger partial charge in [0.1, 0.15) is 12.2 Å². The molecule has 26 heavy (non-hydrogen) atoms. The van der Waals surface area contributed by atoms with Crippen LogP contribution in [-0.4, -0.2) is 53.1 Å². The van der Waals surface area contributed by atoms with Crippen LogP contribution in [0, 0.1) is 5.92 Å². The summed E-state index contributed by atoms with van der Waals surface area (Å²) in [6.45, 7) is 0.978. The van der Waals surface area contributed by atoms with Gasteiger partial charge in [-0.1, -0.05) is 34.1 Å². The maximum atomic E-state index is 11.5. The Morgan fingerprint density at radius 1 is 1.50 bits per heavy atom. The van der Waals surface area contributed by atoms with E-state index in [4.69, 9.17) is 9.57 Å². The number of halogens is 1. The summed E-state index contributed by atoms with van der Waals surface area (Å²) in [7, 11) is 2.18. The number of alkyl halides is 1. The fourth-order valence-corrected chi connectivity index (χ4v) is 5.56. The Labute approximate surface area is 160 Å². The summed E-state index contributed by atoms with van der Waals surface area (Å²) in [6, 6.07) is 4.35. The zero-order chi connectivity index (χ0) is 18.1. The third-order valence-corrected chi connectivity index (χ3v) is 7.04. The molecule has 1 amide bonds. The number of piperidine rings is 1. The van der Waals surface area contributed by atoms with E-state index >= 15 is 0 Å². The molecule has 1 fully saturated rings. The van der Waals surface area contributed by atoms with Crippen LogP contribution >= 0.6 is 15.9 Å². The quantitative estimate of drug-likeness (QED) is 0.438. The highest BCUT2D eigenvalue weighted by molar-refractivity contribution is 9.09. The molecule has 0 aromatic heterocycles. The smallest absolute Gasteiger partial charge is 0.263 e. The first-order valence-corrected chi connectivity index (χ1v) is 10.1. The van der Waals surface area contributed by atoms with Crippen LogP contribution in [0.25, 0.3) is 0 Å². The van der Waals surface area contributed by atoms with E-state index in [1.165, 1.54) is 11.1 Å². The third-order valence-electron chi connectivity index (χ3n) is 6.53. The molecule has 0 radical (unpaired) electrons. The second-order valence-electron chi connectivity index (χ2n) is 7.67. The van der Waals surface area contributed by atoms with Gasteiger partial charge in [-0.2, -0.15) is 5.48 Å². The number of hydroxylamine groups is 1. The number of nitrogens with zero attached hydrogens (tertiary/aromatic N) is 1. The van der Waals surface area contributed by atoms with Crippen LogP contribution in [0.15, 0.2) is 24.3 Å². The summed E-state index contributed by atoms with van der Waals surface area (Å²) >= 11 is 3.11. The summed E-state index contributed by atoms with van der Waals surface area (Å²) in [5.74, 6) is 1.24. The van der Waals surface area contributed by atoms with Crippen LogP contribution in [0.1, 0.15) is 17.5 Å². The van der Waals surface area contributed by atoms with Gasteiger partial charge in [0.05, 0.1) is 5.33 Å². The molecule has 2 N–H and O–H groups in total. The number of nitrogens with one attached hydrogen (secondary N) is 1. The molecule has 0 saturated carbocycles. The molecule has 7 heteroatoms. The summed E-state index contributed by atoms with van der Waals surface area (Å²) in [5.41, 5.74) is 4.65. The molecule has 4 aliphatic rings. The van der Waals surface area contributed by atoms with Crippen molar-refractivity contribution in [1.29, 1.82) is 0 Å². The van der Waals surface area contributed by atoms with Gasteiger partial charge in [0.25, 0.3) is 5.91 Å². The van der Waals surface area contributed by atoms with E-state index < -0.39 is 6.10 Å². The maximum absolute atomic E-state index is 11.5. The van der Waals surface area contributed by atoms with Crippen LogP contribution in [0.5, 0.6) is 11.5 Å². The number of likely N-dealkylation sites (tertiary alicyclic amines) is 1. The highest BCUT2D eigenvalue weighted by atomic mass is 79.9. The van der Waals surface area contributed by atoms with Gasteiger partial charge >= 0.3 is 0 Å². The summed E-state index contributed by atoms with van der Waals surface area (Å²) < 4.78 is 6.32. The molecule has 2 heterocycles. The van der Waals surface area contributed by atoms with E-state index in [-0.39, 0.29) is 22.8 Å². The van der Waals surface area contributed by atoms with Crippen LogP contribution in [0.2, 0.25) is 0 Å². The number of benzene rings is 1. The van der Waals surface area contributed by atoms with Gasteiger partial charge in [0.2, 0.25) is 0 Å². The number of carbonyl (C=O) groups is 1. The van der Waals surface area contributed by atoms with Gasteiger partial charge in [-0.15, -0.1) is 0 Å². The molecule has 6 nitrogen and oxygen atoms in total. The molecule has 1 saturated heterocycles. The molecule has 138 valence electrons. The van der Waals surface area contributed by atoms with E-state index in [0.717, 1.165) is 19.4 Å². The molecule has 2 bridgehead atoms. The van der Waals surface area contributed by atoms with E-state index in [1.54, 1.807) is 0 Å². The van der Waals surface area contributed by atoms with Crippen molar-refractivity contribution in [2.45, 2.75) is 36.5 Å². The minimum atomic E-state index is -0.640. The van der Waals surface area contributed by atoms with E-state index in [2.05, 4.69) is 45.5 Å². The number of aliphatic hydroxyl groups excluding tert-OH is 1. The molecular formula is C19H21BrN2O4. The molecule has 2 aliphatic carbocycles. The van der Waals surface area contributed by atoms with Crippen molar-refractivity contribution < 1.29 is 19.5 Å². The SMILES string of the molecule is CN1CC[C@]23c4c5ccc(ONC(=O)CBr)c4O[C@H]2[C@@H](O)C=C[C@H]3[C@H]1C5. The molecule has 5 atom stereocenters. The van der Waals surface area contributed by atoms with Gasteiger partial charge in [-0.05, 0) is 38.1 Å². The van der Waals surface area contributed by atoms with Gasteiger partial charge < -0.3 is 19.6 Å². The lowest BCUT2D eigenvalue weighted by Gasteiger charge is -2.56. The number of carbonyl (C=O) groups excluding carboxylic acids is 1.